The number of hydrogen-bond donors (Lipinski definition) is 6. The summed E-state index contributed by atoms with van der Waals surface area (Å²) in [6, 6.07) is 0. The Balaban J connectivity index is 4.35. The van der Waals surface area contributed by atoms with Gasteiger partial charge in [0.2, 0.25) is 5.91 Å². The third-order valence-corrected chi connectivity index (χ3v) is 2.54. The molecule has 0 unspecified atom stereocenters. The number of aliphatic hydroxyl groups is 5. The van der Waals surface area contributed by atoms with E-state index in [1.807, 2.05) is 12.2 Å². The van der Waals surface area contributed by atoms with Crippen molar-refractivity contribution in [3.05, 3.63) is 0 Å². The standard InChI is InChI=1S/C11H21NO7/c1-2-3-4-7(15)12-11(19)10(18)9(17)8(16)6(14)5-13/h6,8-10,13-14,16-18H,2-5H2,1H3,(H,12,15,19)/t6-,8-,9+,10-/m1/s1. The van der Waals surface area contributed by atoms with E-state index in [4.69, 9.17) is 10.2 Å². The molecule has 19 heavy (non-hydrogen) atoms. The van der Waals surface area contributed by atoms with E-state index in [9.17, 15) is 24.9 Å². The smallest absolute Gasteiger partial charge is 0.258 e. The van der Waals surface area contributed by atoms with Gasteiger partial charge in [-0.05, 0) is 6.42 Å². The number of carbonyl (C=O) groups excluding carboxylic acids is 2. The summed E-state index contributed by atoms with van der Waals surface area (Å²) in [5.41, 5.74) is 0. The van der Waals surface area contributed by atoms with Gasteiger partial charge < -0.3 is 25.5 Å². The first-order valence-electron chi connectivity index (χ1n) is 6.01. The first kappa shape index (κ1) is 17.9. The molecule has 0 aliphatic heterocycles. The molecule has 8 heteroatoms. The summed E-state index contributed by atoms with van der Waals surface area (Å²) in [4.78, 5) is 22.6. The summed E-state index contributed by atoms with van der Waals surface area (Å²) < 4.78 is 0. The zero-order chi connectivity index (χ0) is 15.0. The van der Waals surface area contributed by atoms with Crippen LogP contribution in [-0.4, -0.2) is 68.4 Å². The van der Waals surface area contributed by atoms with Crippen LogP contribution in [0.15, 0.2) is 0 Å². The molecule has 0 aromatic heterocycles. The molecule has 0 saturated carbocycles. The summed E-state index contributed by atoms with van der Waals surface area (Å²) in [5.74, 6) is -1.77. The Kier molecular flexibility index (Phi) is 8.44. The van der Waals surface area contributed by atoms with E-state index in [0.717, 1.165) is 6.42 Å². The summed E-state index contributed by atoms with van der Waals surface area (Å²) in [6.45, 7) is 1.02. The highest BCUT2D eigenvalue weighted by Crippen LogP contribution is 2.05. The number of carbonyl (C=O) groups is 2. The maximum absolute atomic E-state index is 11.4. The molecule has 6 N–H and O–H groups in total. The molecular weight excluding hydrogens is 258 g/mol. The van der Waals surface area contributed by atoms with E-state index in [-0.39, 0.29) is 6.42 Å². The molecule has 0 bridgehead atoms. The quantitative estimate of drug-likeness (QED) is 0.282. The topological polar surface area (TPSA) is 147 Å². The Labute approximate surface area is 110 Å². The molecule has 0 rings (SSSR count). The van der Waals surface area contributed by atoms with Gasteiger partial charge in [0.1, 0.15) is 18.3 Å². The van der Waals surface area contributed by atoms with Gasteiger partial charge in [-0.25, -0.2) is 0 Å². The molecule has 8 nitrogen and oxygen atoms in total. The van der Waals surface area contributed by atoms with Crippen LogP contribution >= 0.6 is 0 Å². The fourth-order valence-electron chi connectivity index (χ4n) is 1.29. The lowest BCUT2D eigenvalue weighted by atomic mass is 10.0. The number of hydrogen-bond acceptors (Lipinski definition) is 7. The van der Waals surface area contributed by atoms with Gasteiger partial charge in [0, 0.05) is 6.42 Å². The Hall–Kier alpha value is -1.06. The molecule has 0 aliphatic carbocycles. The molecule has 0 aliphatic rings. The fraction of sp³-hybridized carbons (Fsp3) is 0.818. The number of rotatable bonds is 8. The van der Waals surface area contributed by atoms with Gasteiger partial charge in [-0.15, -0.1) is 0 Å². The number of imide groups is 1. The van der Waals surface area contributed by atoms with E-state index < -0.39 is 42.8 Å². The Bertz CT molecular complexity index is 297. The molecule has 0 heterocycles. The van der Waals surface area contributed by atoms with Crippen molar-refractivity contribution >= 4 is 11.8 Å². The first-order valence-corrected chi connectivity index (χ1v) is 6.01. The van der Waals surface area contributed by atoms with Crippen molar-refractivity contribution in [3.8, 4) is 0 Å². The molecular formula is C11H21NO7. The lowest BCUT2D eigenvalue weighted by molar-refractivity contribution is -0.151. The molecule has 0 aromatic carbocycles. The molecule has 0 spiro atoms. The Morgan fingerprint density at radius 2 is 1.68 bits per heavy atom. The second-order valence-electron chi connectivity index (χ2n) is 4.19. The second-order valence-corrected chi connectivity index (χ2v) is 4.19. The van der Waals surface area contributed by atoms with E-state index >= 15 is 0 Å². The highest BCUT2D eigenvalue weighted by atomic mass is 16.4. The van der Waals surface area contributed by atoms with E-state index in [0.29, 0.717) is 6.42 Å². The van der Waals surface area contributed by atoms with Crippen molar-refractivity contribution < 1.29 is 35.1 Å². The molecule has 0 radical (unpaired) electrons. The van der Waals surface area contributed by atoms with E-state index in [1.165, 1.54) is 0 Å². The van der Waals surface area contributed by atoms with Gasteiger partial charge in [-0.3, -0.25) is 14.9 Å². The van der Waals surface area contributed by atoms with Crippen LogP contribution in [0.25, 0.3) is 0 Å². The van der Waals surface area contributed by atoms with Gasteiger partial charge in [0.25, 0.3) is 5.91 Å². The van der Waals surface area contributed by atoms with Gasteiger partial charge in [-0.1, -0.05) is 13.3 Å². The third kappa shape index (κ3) is 6.08. The summed E-state index contributed by atoms with van der Waals surface area (Å²) in [7, 11) is 0. The van der Waals surface area contributed by atoms with Crippen LogP contribution < -0.4 is 5.32 Å². The SMILES string of the molecule is CCCCC(=O)NC(=O)[C@H](O)[C@@H](O)[C@H](O)[C@H](O)CO. The fourth-order valence-corrected chi connectivity index (χ4v) is 1.29. The first-order chi connectivity index (χ1) is 8.84. The van der Waals surface area contributed by atoms with Crippen LogP contribution in [0.3, 0.4) is 0 Å². The van der Waals surface area contributed by atoms with Gasteiger partial charge >= 0.3 is 0 Å². The maximum Gasteiger partial charge on any atom is 0.258 e. The minimum Gasteiger partial charge on any atom is -0.394 e. The van der Waals surface area contributed by atoms with Crippen molar-refractivity contribution in [2.45, 2.75) is 50.6 Å². The highest BCUT2D eigenvalue weighted by Gasteiger charge is 2.34. The molecule has 112 valence electrons. The number of amides is 2. The van der Waals surface area contributed by atoms with Crippen molar-refractivity contribution in [3.63, 3.8) is 0 Å². The molecule has 0 aromatic rings. The van der Waals surface area contributed by atoms with Crippen LogP contribution in [-0.2, 0) is 9.59 Å². The number of nitrogens with one attached hydrogen (secondary N) is 1. The lowest BCUT2D eigenvalue weighted by Crippen LogP contribution is -2.52. The van der Waals surface area contributed by atoms with Gasteiger partial charge in [-0.2, -0.15) is 0 Å². The summed E-state index contributed by atoms with van der Waals surface area (Å²) in [5, 5.41) is 47.6. The number of unbranched alkanes of at least 4 members (excludes halogenated alkanes) is 1. The average molecular weight is 279 g/mol. The van der Waals surface area contributed by atoms with Crippen LogP contribution in [0.2, 0.25) is 0 Å². The van der Waals surface area contributed by atoms with Crippen molar-refractivity contribution in [1.29, 1.82) is 0 Å². The summed E-state index contributed by atoms with van der Waals surface area (Å²) >= 11 is 0. The predicted molar refractivity (Wildman–Crippen MR) is 63.8 cm³/mol. The van der Waals surface area contributed by atoms with Crippen LogP contribution in [0.4, 0.5) is 0 Å². The Morgan fingerprint density at radius 3 is 2.16 bits per heavy atom. The molecule has 0 fully saturated rings. The van der Waals surface area contributed by atoms with Crippen molar-refractivity contribution in [2.75, 3.05) is 6.61 Å². The molecule has 2 amide bonds. The van der Waals surface area contributed by atoms with Crippen molar-refractivity contribution in [1.82, 2.24) is 5.32 Å². The molecule has 0 saturated heterocycles. The normalized spacial score (nSPS) is 17.4. The van der Waals surface area contributed by atoms with Crippen molar-refractivity contribution in [2.24, 2.45) is 0 Å². The Morgan fingerprint density at radius 1 is 1.11 bits per heavy atom. The van der Waals surface area contributed by atoms with Crippen LogP contribution in [0, 0.1) is 0 Å². The minimum absolute atomic E-state index is 0.104. The third-order valence-electron chi connectivity index (χ3n) is 2.54. The zero-order valence-electron chi connectivity index (χ0n) is 10.7. The van der Waals surface area contributed by atoms with E-state index in [2.05, 4.69) is 0 Å². The summed E-state index contributed by atoms with van der Waals surface area (Å²) in [6.07, 6.45) is -6.27. The van der Waals surface area contributed by atoms with Crippen LogP contribution in [0.1, 0.15) is 26.2 Å². The molecule has 4 atom stereocenters. The highest BCUT2D eigenvalue weighted by molar-refractivity contribution is 5.97. The monoisotopic (exact) mass is 279 g/mol. The average Bonchev–Trinajstić information content (AvgIpc) is 2.41. The lowest BCUT2D eigenvalue weighted by Gasteiger charge is -2.24. The number of aliphatic hydroxyl groups excluding tert-OH is 5. The second kappa shape index (κ2) is 8.94. The largest absolute Gasteiger partial charge is 0.394 e. The van der Waals surface area contributed by atoms with Gasteiger partial charge in [0.15, 0.2) is 6.10 Å². The zero-order valence-corrected chi connectivity index (χ0v) is 10.7. The maximum atomic E-state index is 11.4. The van der Waals surface area contributed by atoms with Crippen LogP contribution in [0.5, 0.6) is 0 Å². The minimum atomic E-state index is -2.08. The predicted octanol–water partition coefficient (Wildman–Crippen LogP) is -2.74. The van der Waals surface area contributed by atoms with E-state index in [1.54, 1.807) is 0 Å². The van der Waals surface area contributed by atoms with Gasteiger partial charge in [0.05, 0.1) is 6.61 Å².